The van der Waals surface area contributed by atoms with E-state index in [1.807, 2.05) is 37.0 Å². The van der Waals surface area contributed by atoms with Crippen LogP contribution in [0.4, 0.5) is 4.79 Å². The zero-order valence-corrected chi connectivity index (χ0v) is 26.5. The van der Waals surface area contributed by atoms with Crippen LogP contribution in [0.5, 0.6) is 5.75 Å². The van der Waals surface area contributed by atoms with E-state index in [0.717, 1.165) is 34.9 Å². The van der Waals surface area contributed by atoms with Crippen molar-refractivity contribution in [2.75, 3.05) is 32.8 Å². The monoisotopic (exact) mass is 616 g/mol. The van der Waals surface area contributed by atoms with Crippen LogP contribution in [0.1, 0.15) is 69.7 Å². The van der Waals surface area contributed by atoms with Gasteiger partial charge in [-0.05, 0) is 69.0 Å². The largest absolute Gasteiger partial charge is 0.463 e. The van der Waals surface area contributed by atoms with Gasteiger partial charge in [0.25, 0.3) is 0 Å². The molecular formula is C35H44N4O6. The molecular weight excluding hydrogens is 572 g/mol. The summed E-state index contributed by atoms with van der Waals surface area (Å²) in [5, 5.41) is 11.3. The van der Waals surface area contributed by atoms with E-state index >= 15 is 0 Å². The molecule has 10 heteroatoms. The number of carbonyl (C=O) groups is 3. The number of rotatable bonds is 3. The fourth-order valence-corrected chi connectivity index (χ4v) is 7.37. The van der Waals surface area contributed by atoms with Gasteiger partial charge in [-0.3, -0.25) is 4.79 Å². The number of benzene rings is 1. The number of amides is 2. The predicted octanol–water partition coefficient (Wildman–Crippen LogP) is 4.37. The quantitative estimate of drug-likeness (QED) is 0.400. The van der Waals surface area contributed by atoms with Crippen molar-refractivity contribution in [1.29, 1.82) is 0 Å². The van der Waals surface area contributed by atoms with E-state index in [2.05, 4.69) is 24.7 Å². The maximum Gasteiger partial charge on any atom is 0.415 e. The summed E-state index contributed by atoms with van der Waals surface area (Å²) in [5.74, 6) is -1.61. The normalized spacial score (nSPS) is 24.6. The number of cyclic esters (lactones) is 1. The molecule has 0 radical (unpaired) electrons. The minimum Gasteiger partial charge on any atom is -0.463 e. The first kappa shape index (κ1) is 32.5. The van der Waals surface area contributed by atoms with Crippen LogP contribution >= 0.6 is 0 Å². The fourth-order valence-electron chi connectivity index (χ4n) is 7.37. The van der Waals surface area contributed by atoms with Crippen LogP contribution in [0.25, 0.3) is 16.6 Å². The predicted molar refractivity (Wildman–Crippen MR) is 171 cm³/mol. The molecule has 10 nitrogen and oxygen atoms in total. The standard InChI is InChI=1S/C31H36N4O6.C2H6.C2H2/c1-2-20-21-14-19(41-31(39)34-12-8-18(9-13-34)33-10-4-3-5-11-33)6-7-25(21)32-27-23(20)16-35-26(27)15-22-24(29(35)37)17-40-30(38)28(22)36;2*1-2/h6-7,14-15,18,22,24,28,36H,2-5,8-13,16-17H2,1H3;1-2H3;1-2H/t22?,24?,28-;;/m0../s1. The highest BCUT2D eigenvalue weighted by Gasteiger charge is 2.49. The number of terminal acetylenes is 1. The first-order chi connectivity index (χ1) is 21.9. The lowest BCUT2D eigenvalue weighted by Gasteiger charge is -2.39. The number of likely N-dealkylation sites (tertiary alicyclic amines) is 2. The Balaban J connectivity index is 0.000000963. The Bertz CT molecular complexity index is 1490. The Morgan fingerprint density at radius 2 is 1.80 bits per heavy atom. The molecule has 3 saturated heterocycles. The summed E-state index contributed by atoms with van der Waals surface area (Å²) in [5.41, 5.74) is 4.07. The van der Waals surface area contributed by atoms with Crippen molar-refractivity contribution in [3.63, 3.8) is 0 Å². The van der Waals surface area contributed by atoms with Crippen LogP contribution in [0.2, 0.25) is 0 Å². The van der Waals surface area contributed by atoms with Gasteiger partial charge in [-0.2, -0.15) is 0 Å². The van der Waals surface area contributed by atoms with Gasteiger partial charge in [0.2, 0.25) is 5.91 Å². The fraction of sp³-hybridized carbons (Fsp3) is 0.543. The number of aromatic nitrogens is 1. The molecule has 5 aliphatic heterocycles. The van der Waals surface area contributed by atoms with Gasteiger partial charge in [-0.1, -0.05) is 33.3 Å². The second-order valence-corrected chi connectivity index (χ2v) is 11.9. The number of nitrogens with zero attached hydrogens (tertiary/aromatic N) is 4. The van der Waals surface area contributed by atoms with Crippen molar-refractivity contribution in [3.8, 4) is 18.6 Å². The Labute approximate surface area is 265 Å². The Morgan fingerprint density at radius 3 is 2.49 bits per heavy atom. The zero-order chi connectivity index (χ0) is 32.2. The van der Waals surface area contributed by atoms with E-state index in [0.29, 0.717) is 49.2 Å². The van der Waals surface area contributed by atoms with Gasteiger partial charge in [-0.15, -0.1) is 12.8 Å². The van der Waals surface area contributed by atoms with Crippen LogP contribution in [0, 0.1) is 24.7 Å². The number of aryl methyl sites for hydroxylation is 1. The van der Waals surface area contributed by atoms with Crippen LogP contribution in [-0.2, 0) is 27.3 Å². The van der Waals surface area contributed by atoms with E-state index in [4.69, 9.17) is 14.5 Å². The van der Waals surface area contributed by atoms with Crippen molar-refractivity contribution in [2.45, 2.75) is 78.0 Å². The second kappa shape index (κ2) is 14.0. The van der Waals surface area contributed by atoms with E-state index in [1.165, 1.54) is 32.4 Å². The summed E-state index contributed by atoms with van der Waals surface area (Å²) >= 11 is 0. The molecule has 6 heterocycles. The molecule has 0 aliphatic carbocycles. The number of aliphatic hydroxyl groups excluding tert-OH is 1. The van der Waals surface area contributed by atoms with E-state index in [1.54, 1.807) is 11.0 Å². The van der Waals surface area contributed by atoms with Crippen molar-refractivity contribution >= 4 is 34.6 Å². The third-order valence-corrected chi connectivity index (χ3v) is 9.62. The van der Waals surface area contributed by atoms with Crippen molar-refractivity contribution < 1.29 is 29.0 Å². The number of aliphatic hydroxyl groups is 1. The Kier molecular flexibility index (Phi) is 10.1. The smallest absolute Gasteiger partial charge is 0.415 e. The van der Waals surface area contributed by atoms with E-state index in [-0.39, 0.29) is 18.6 Å². The number of pyridine rings is 1. The molecule has 1 aromatic heterocycles. The summed E-state index contributed by atoms with van der Waals surface area (Å²) in [4.78, 5) is 49.4. The van der Waals surface area contributed by atoms with Crippen molar-refractivity contribution in [1.82, 2.24) is 19.7 Å². The molecule has 240 valence electrons. The highest BCUT2D eigenvalue weighted by Crippen LogP contribution is 2.44. The molecule has 1 N–H and O–H groups in total. The first-order valence-electron chi connectivity index (χ1n) is 16.3. The summed E-state index contributed by atoms with van der Waals surface area (Å²) < 4.78 is 10.9. The summed E-state index contributed by atoms with van der Waals surface area (Å²) in [6, 6.07) is 6.05. The lowest BCUT2D eigenvalue weighted by atomic mass is 9.81. The maximum atomic E-state index is 13.4. The molecule has 2 unspecified atom stereocenters. The summed E-state index contributed by atoms with van der Waals surface area (Å²) in [6.07, 6.45) is 14.7. The average Bonchev–Trinajstić information content (AvgIpc) is 3.46. The summed E-state index contributed by atoms with van der Waals surface area (Å²) in [6.45, 7) is 10.1. The van der Waals surface area contributed by atoms with E-state index < -0.39 is 23.9 Å². The van der Waals surface area contributed by atoms with Gasteiger partial charge in [0.05, 0.1) is 29.4 Å². The Morgan fingerprint density at radius 1 is 1.09 bits per heavy atom. The molecule has 0 bridgehead atoms. The maximum absolute atomic E-state index is 13.4. The zero-order valence-electron chi connectivity index (χ0n) is 26.5. The molecule has 3 atom stereocenters. The van der Waals surface area contributed by atoms with Gasteiger partial charge in [0.1, 0.15) is 12.4 Å². The van der Waals surface area contributed by atoms with Crippen LogP contribution < -0.4 is 4.74 Å². The molecule has 7 rings (SSSR count). The Hall–Kier alpha value is -3.94. The van der Waals surface area contributed by atoms with Gasteiger partial charge in [-0.25, -0.2) is 14.6 Å². The minimum absolute atomic E-state index is 0.0310. The van der Waals surface area contributed by atoms with Gasteiger partial charge in [0, 0.05) is 36.0 Å². The first-order valence-corrected chi connectivity index (χ1v) is 16.3. The topological polar surface area (TPSA) is 113 Å². The van der Waals surface area contributed by atoms with Crippen molar-refractivity contribution in [3.05, 3.63) is 41.1 Å². The SMILES string of the molecule is C#C.CC.CCc1c2c(nc3ccc(OC(=O)N4CCC(N5CCCCC5)CC4)cc13)C1=CC3C(COC(=O)[C@H]3O)C(=O)N1C2. The van der Waals surface area contributed by atoms with E-state index in [9.17, 15) is 19.5 Å². The minimum atomic E-state index is -1.37. The number of hydrogen-bond acceptors (Lipinski definition) is 8. The molecule has 45 heavy (non-hydrogen) atoms. The molecule has 0 saturated carbocycles. The molecule has 2 aromatic rings. The highest BCUT2D eigenvalue weighted by atomic mass is 16.6. The number of hydrogen-bond donors (Lipinski definition) is 1. The average molecular weight is 617 g/mol. The number of piperidine rings is 2. The third-order valence-electron chi connectivity index (χ3n) is 9.62. The number of fused-ring (bicyclic) bond motifs is 5. The number of carbonyl (C=O) groups excluding carboxylic acids is 3. The molecule has 3 fully saturated rings. The van der Waals surface area contributed by atoms with Crippen LogP contribution in [0.3, 0.4) is 0 Å². The highest BCUT2D eigenvalue weighted by molar-refractivity contribution is 5.97. The van der Waals surface area contributed by atoms with Crippen molar-refractivity contribution in [2.24, 2.45) is 11.8 Å². The number of ether oxygens (including phenoxy) is 2. The number of esters is 1. The lowest BCUT2D eigenvalue weighted by molar-refractivity contribution is -0.171. The summed E-state index contributed by atoms with van der Waals surface area (Å²) in [7, 11) is 0. The molecule has 2 amide bonds. The van der Waals surface area contributed by atoms with Crippen LogP contribution in [0.15, 0.2) is 24.3 Å². The van der Waals surface area contributed by atoms with Gasteiger partial charge in [0.15, 0.2) is 6.10 Å². The molecule has 0 spiro atoms. The lowest BCUT2D eigenvalue weighted by Crippen LogP contribution is -2.51. The third kappa shape index (κ3) is 6.03. The van der Waals surface area contributed by atoms with Crippen LogP contribution in [-0.4, -0.2) is 87.7 Å². The molecule has 1 aromatic carbocycles. The second-order valence-electron chi connectivity index (χ2n) is 11.9. The van der Waals surface area contributed by atoms with Gasteiger partial charge >= 0.3 is 12.1 Å². The molecule has 5 aliphatic rings. The van der Waals surface area contributed by atoms with Gasteiger partial charge < -0.3 is 29.3 Å².